The number of rotatable bonds is 11. The maximum atomic E-state index is 5.61. The van der Waals surface area contributed by atoms with Crippen LogP contribution in [0.3, 0.4) is 0 Å². The smallest absolute Gasteiger partial charge is 0.0807 e. The van der Waals surface area contributed by atoms with E-state index in [0.717, 1.165) is 12.1 Å². The zero-order chi connectivity index (χ0) is 13.9. The standard InChI is InChI=1S/C15H30N4/c1-3-4-5-6-7-8-9-10-11-14(17-16)15-12-13-19(2)18-15/h12-14,17H,3-11,16H2,1-2H3. The van der Waals surface area contributed by atoms with Crippen molar-refractivity contribution in [1.29, 1.82) is 0 Å². The molecule has 1 unspecified atom stereocenters. The van der Waals surface area contributed by atoms with Crippen molar-refractivity contribution < 1.29 is 0 Å². The van der Waals surface area contributed by atoms with Gasteiger partial charge >= 0.3 is 0 Å². The highest BCUT2D eigenvalue weighted by Crippen LogP contribution is 2.18. The molecule has 1 heterocycles. The van der Waals surface area contributed by atoms with E-state index in [0.29, 0.717) is 0 Å². The van der Waals surface area contributed by atoms with Crippen molar-refractivity contribution in [2.45, 2.75) is 70.8 Å². The van der Waals surface area contributed by atoms with Gasteiger partial charge in [0.1, 0.15) is 0 Å². The lowest BCUT2D eigenvalue weighted by Gasteiger charge is -2.13. The van der Waals surface area contributed by atoms with Gasteiger partial charge in [0.2, 0.25) is 0 Å². The monoisotopic (exact) mass is 266 g/mol. The van der Waals surface area contributed by atoms with E-state index in [1.165, 1.54) is 51.4 Å². The number of unbranched alkanes of at least 4 members (excludes halogenated alkanes) is 7. The van der Waals surface area contributed by atoms with E-state index < -0.39 is 0 Å². The molecule has 110 valence electrons. The van der Waals surface area contributed by atoms with Crippen LogP contribution in [-0.2, 0) is 7.05 Å². The predicted octanol–water partition coefficient (Wildman–Crippen LogP) is 3.46. The van der Waals surface area contributed by atoms with E-state index in [1.807, 2.05) is 24.0 Å². The second kappa shape index (κ2) is 9.98. The van der Waals surface area contributed by atoms with Crippen LogP contribution in [0.2, 0.25) is 0 Å². The van der Waals surface area contributed by atoms with Crippen molar-refractivity contribution in [3.05, 3.63) is 18.0 Å². The van der Waals surface area contributed by atoms with Gasteiger partial charge in [-0.3, -0.25) is 16.0 Å². The molecule has 1 rings (SSSR count). The summed E-state index contributed by atoms with van der Waals surface area (Å²) >= 11 is 0. The zero-order valence-electron chi connectivity index (χ0n) is 12.6. The average molecular weight is 266 g/mol. The van der Waals surface area contributed by atoms with Crippen LogP contribution >= 0.6 is 0 Å². The highest BCUT2D eigenvalue weighted by molar-refractivity contribution is 5.04. The van der Waals surface area contributed by atoms with Crippen molar-refractivity contribution in [3.8, 4) is 0 Å². The van der Waals surface area contributed by atoms with Crippen LogP contribution in [0.15, 0.2) is 12.3 Å². The Bertz CT molecular complexity index is 322. The molecule has 4 nitrogen and oxygen atoms in total. The van der Waals surface area contributed by atoms with E-state index in [4.69, 9.17) is 5.84 Å². The van der Waals surface area contributed by atoms with Crippen molar-refractivity contribution >= 4 is 0 Å². The minimum Gasteiger partial charge on any atom is -0.275 e. The van der Waals surface area contributed by atoms with Crippen LogP contribution < -0.4 is 11.3 Å². The Morgan fingerprint density at radius 1 is 1.16 bits per heavy atom. The van der Waals surface area contributed by atoms with E-state index in [1.54, 1.807) is 0 Å². The maximum absolute atomic E-state index is 5.61. The lowest BCUT2D eigenvalue weighted by atomic mass is 10.0. The lowest BCUT2D eigenvalue weighted by Crippen LogP contribution is -2.28. The summed E-state index contributed by atoms with van der Waals surface area (Å²) in [6, 6.07) is 2.23. The summed E-state index contributed by atoms with van der Waals surface area (Å²) in [6.45, 7) is 2.26. The fraction of sp³-hybridized carbons (Fsp3) is 0.800. The first-order valence-electron chi connectivity index (χ1n) is 7.73. The first-order chi connectivity index (χ1) is 9.27. The molecule has 0 saturated carbocycles. The van der Waals surface area contributed by atoms with Crippen LogP contribution in [0.25, 0.3) is 0 Å². The molecule has 0 fully saturated rings. The van der Waals surface area contributed by atoms with E-state index >= 15 is 0 Å². The first kappa shape index (κ1) is 16.2. The molecule has 0 spiro atoms. The molecule has 1 atom stereocenters. The van der Waals surface area contributed by atoms with Gasteiger partial charge in [0.15, 0.2) is 0 Å². The number of aryl methyl sites for hydroxylation is 1. The van der Waals surface area contributed by atoms with Crippen LogP contribution in [0.5, 0.6) is 0 Å². The second-order valence-electron chi connectivity index (χ2n) is 5.40. The number of hydrogen-bond donors (Lipinski definition) is 2. The van der Waals surface area contributed by atoms with Crippen molar-refractivity contribution in [3.63, 3.8) is 0 Å². The number of hydrazine groups is 1. The molecule has 1 aromatic rings. The summed E-state index contributed by atoms with van der Waals surface area (Å²) in [4.78, 5) is 0. The minimum absolute atomic E-state index is 0.196. The van der Waals surface area contributed by atoms with Gasteiger partial charge in [-0.05, 0) is 12.5 Å². The van der Waals surface area contributed by atoms with Crippen molar-refractivity contribution in [2.24, 2.45) is 12.9 Å². The Hall–Kier alpha value is -0.870. The molecule has 3 N–H and O–H groups in total. The Morgan fingerprint density at radius 3 is 2.32 bits per heavy atom. The third-order valence-electron chi connectivity index (χ3n) is 3.64. The molecule has 0 aliphatic rings. The molecule has 19 heavy (non-hydrogen) atoms. The minimum atomic E-state index is 0.196. The third kappa shape index (κ3) is 6.73. The number of nitrogens with two attached hydrogens (primary N) is 1. The normalized spacial score (nSPS) is 12.8. The van der Waals surface area contributed by atoms with Gasteiger partial charge in [-0.25, -0.2) is 0 Å². The second-order valence-corrected chi connectivity index (χ2v) is 5.40. The molecular weight excluding hydrogens is 236 g/mol. The van der Waals surface area contributed by atoms with Crippen LogP contribution in [0, 0.1) is 0 Å². The Labute approximate surface area is 117 Å². The van der Waals surface area contributed by atoms with Gasteiger partial charge in [-0.15, -0.1) is 0 Å². The van der Waals surface area contributed by atoms with Crippen LogP contribution in [0.4, 0.5) is 0 Å². The fourth-order valence-electron chi connectivity index (χ4n) is 2.42. The molecule has 0 bridgehead atoms. The summed E-state index contributed by atoms with van der Waals surface area (Å²) in [5.74, 6) is 5.61. The van der Waals surface area contributed by atoms with Crippen molar-refractivity contribution in [1.82, 2.24) is 15.2 Å². The number of nitrogens with zero attached hydrogens (tertiary/aromatic N) is 2. The molecule has 1 aromatic heterocycles. The summed E-state index contributed by atoms with van der Waals surface area (Å²) < 4.78 is 1.83. The Kier molecular flexibility index (Phi) is 8.50. The van der Waals surface area contributed by atoms with Gasteiger partial charge in [-0.2, -0.15) is 5.10 Å². The third-order valence-corrected chi connectivity index (χ3v) is 3.64. The predicted molar refractivity (Wildman–Crippen MR) is 80.5 cm³/mol. The van der Waals surface area contributed by atoms with Crippen LogP contribution in [-0.4, -0.2) is 9.78 Å². The maximum Gasteiger partial charge on any atom is 0.0807 e. The van der Waals surface area contributed by atoms with E-state index in [2.05, 4.69) is 17.4 Å². The largest absolute Gasteiger partial charge is 0.275 e. The van der Waals surface area contributed by atoms with Crippen LogP contribution in [0.1, 0.15) is 76.4 Å². The lowest BCUT2D eigenvalue weighted by molar-refractivity contribution is 0.462. The molecule has 0 amide bonds. The van der Waals surface area contributed by atoms with Gasteiger partial charge in [-0.1, -0.05) is 58.3 Å². The molecular formula is C15H30N4. The number of hydrogen-bond acceptors (Lipinski definition) is 3. The highest BCUT2D eigenvalue weighted by Gasteiger charge is 2.11. The van der Waals surface area contributed by atoms with Gasteiger partial charge in [0.25, 0.3) is 0 Å². The quantitative estimate of drug-likeness (QED) is 0.366. The van der Waals surface area contributed by atoms with Gasteiger partial charge < -0.3 is 0 Å². The molecule has 0 radical (unpaired) electrons. The molecule has 0 aliphatic heterocycles. The molecule has 4 heteroatoms. The molecule has 0 saturated heterocycles. The summed E-state index contributed by atoms with van der Waals surface area (Å²) in [5, 5.41) is 4.40. The summed E-state index contributed by atoms with van der Waals surface area (Å²) in [7, 11) is 1.94. The first-order valence-corrected chi connectivity index (χ1v) is 7.73. The topological polar surface area (TPSA) is 55.9 Å². The summed E-state index contributed by atoms with van der Waals surface area (Å²) in [5.41, 5.74) is 3.92. The fourth-order valence-corrected chi connectivity index (χ4v) is 2.42. The van der Waals surface area contributed by atoms with Gasteiger partial charge in [0.05, 0.1) is 11.7 Å². The molecule has 0 aliphatic carbocycles. The van der Waals surface area contributed by atoms with E-state index in [-0.39, 0.29) is 6.04 Å². The van der Waals surface area contributed by atoms with Crippen molar-refractivity contribution in [2.75, 3.05) is 0 Å². The summed E-state index contributed by atoms with van der Waals surface area (Å²) in [6.07, 6.45) is 13.8. The Balaban J connectivity index is 2.07. The Morgan fingerprint density at radius 2 is 1.79 bits per heavy atom. The van der Waals surface area contributed by atoms with Gasteiger partial charge in [0, 0.05) is 13.2 Å². The number of nitrogens with one attached hydrogen (secondary N) is 1. The zero-order valence-corrected chi connectivity index (χ0v) is 12.6. The molecule has 0 aromatic carbocycles. The SMILES string of the molecule is CCCCCCCCCCC(NN)c1ccn(C)n1. The number of aromatic nitrogens is 2. The van der Waals surface area contributed by atoms with E-state index in [9.17, 15) is 0 Å². The highest BCUT2D eigenvalue weighted by atomic mass is 15.3. The average Bonchev–Trinajstić information content (AvgIpc) is 2.83.